The number of rotatable bonds is 6. The quantitative estimate of drug-likeness (QED) is 0.661. The second-order valence-electron chi connectivity index (χ2n) is 3.61. The second-order valence-corrected chi connectivity index (χ2v) is 3.61. The summed E-state index contributed by atoms with van der Waals surface area (Å²) < 4.78 is 42.3. The number of amides is 1. The van der Waals surface area contributed by atoms with Crippen LogP contribution in [0.1, 0.15) is 5.56 Å². The van der Waals surface area contributed by atoms with Crippen LogP contribution in [0, 0.1) is 0 Å². The van der Waals surface area contributed by atoms with Crippen molar-refractivity contribution < 1.29 is 22.7 Å². The van der Waals surface area contributed by atoms with E-state index in [0.717, 1.165) is 12.1 Å². The van der Waals surface area contributed by atoms with Crippen molar-refractivity contribution in [3.8, 4) is 0 Å². The zero-order valence-electron chi connectivity index (χ0n) is 9.83. The molecule has 0 aliphatic rings. The molecule has 6 nitrogen and oxygen atoms in total. The molecule has 0 fully saturated rings. The van der Waals surface area contributed by atoms with Crippen LogP contribution in [0.2, 0.25) is 0 Å². The number of alkyl halides is 3. The zero-order valence-corrected chi connectivity index (χ0v) is 9.83. The maximum Gasteiger partial charge on any atom is 0.416 e. The molecule has 0 saturated heterocycles. The number of nitrogen functional groups attached to an aromatic ring is 1. The average Bonchev–Trinajstić information content (AvgIpc) is 2.26. The van der Waals surface area contributed by atoms with Gasteiger partial charge < -0.3 is 21.5 Å². The fourth-order valence-corrected chi connectivity index (χ4v) is 1.23. The summed E-state index contributed by atoms with van der Waals surface area (Å²) in [6.07, 6.45) is -4.49. The van der Waals surface area contributed by atoms with Crippen LogP contribution in [0.3, 0.4) is 0 Å². The normalized spacial score (nSPS) is 11.3. The van der Waals surface area contributed by atoms with Crippen molar-refractivity contribution in [2.75, 3.05) is 30.8 Å². The lowest BCUT2D eigenvalue weighted by Gasteiger charge is -2.11. The van der Waals surface area contributed by atoms with E-state index in [-0.39, 0.29) is 31.4 Å². The van der Waals surface area contributed by atoms with Gasteiger partial charge in [-0.1, -0.05) is 0 Å². The predicted octanol–water partition coefficient (Wildman–Crippen LogP) is 0.596. The maximum absolute atomic E-state index is 12.5. The van der Waals surface area contributed by atoms with Gasteiger partial charge in [-0.25, -0.2) is 4.98 Å². The Morgan fingerprint density at radius 3 is 2.68 bits per heavy atom. The number of primary amides is 1. The largest absolute Gasteiger partial charge is 0.416 e. The molecule has 0 aromatic carbocycles. The van der Waals surface area contributed by atoms with Gasteiger partial charge in [0.2, 0.25) is 5.91 Å². The summed E-state index contributed by atoms with van der Waals surface area (Å²) in [6.45, 7) is 0.0155. The maximum atomic E-state index is 12.5. The van der Waals surface area contributed by atoms with E-state index in [4.69, 9.17) is 16.2 Å². The first-order valence-electron chi connectivity index (χ1n) is 5.23. The van der Waals surface area contributed by atoms with Crippen molar-refractivity contribution in [3.63, 3.8) is 0 Å². The minimum absolute atomic E-state index is 0.0185. The highest BCUT2D eigenvalue weighted by atomic mass is 19.4. The number of hydrogen-bond acceptors (Lipinski definition) is 5. The van der Waals surface area contributed by atoms with Crippen molar-refractivity contribution in [2.24, 2.45) is 5.73 Å². The predicted molar refractivity (Wildman–Crippen MR) is 62.2 cm³/mol. The molecule has 19 heavy (non-hydrogen) atoms. The van der Waals surface area contributed by atoms with Crippen LogP contribution in [0.4, 0.5) is 24.8 Å². The lowest BCUT2D eigenvalue weighted by Crippen LogP contribution is -2.21. The monoisotopic (exact) mass is 278 g/mol. The van der Waals surface area contributed by atoms with Crippen LogP contribution in [-0.2, 0) is 15.7 Å². The Balaban J connectivity index is 2.54. The summed E-state index contributed by atoms with van der Waals surface area (Å²) in [5, 5.41) is 2.60. The van der Waals surface area contributed by atoms with Crippen LogP contribution in [0.25, 0.3) is 0 Å². The number of pyridine rings is 1. The molecule has 0 aliphatic carbocycles. The van der Waals surface area contributed by atoms with Gasteiger partial charge in [-0.3, -0.25) is 4.79 Å². The van der Waals surface area contributed by atoms with Crippen molar-refractivity contribution in [3.05, 3.63) is 17.7 Å². The molecule has 1 amide bonds. The summed E-state index contributed by atoms with van der Waals surface area (Å²) in [5.74, 6) is -0.883. The minimum atomic E-state index is -4.49. The van der Waals surface area contributed by atoms with Crippen molar-refractivity contribution in [1.82, 2.24) is 4.98 Å². The standard InChI is InChI=1S/C10H13F3N4O2/c11-10(12,13)6-3-7(14)17-9(4-6)16-1-2-19-5-8(15)18/h3-4H,1-2,5H2,(H2,15,18)(H3,14,16,17). The summed E-state index contributed by atoms with van der Waals surface area (Å²) in [4.78, 5) is 14.1. The molecule has 0 aliphatic heterocycles. The van der Waals surface area contributed by atoms with Gasteiger partial charge >= 0.3 is 6.18 Å². The lowest BCUT2D eigenvalue weighted by atomic mass is 10.2. The summed E-state index contributed by atoms with van der Waals surface area (Å²) >= 11 is 0. The Bertz CT molecular complexity index is 451. The number of ether oxygens (including phenoxy) is 1. The molecular weight excluding hydrogens is 265 g/mol. The Morgan fingerprint density at radius 2 is 2.11 bits per heavy atom. The van der Waals surface area contributed by atoms with E-state index in [0.29, 0.717) is 0 Å². The molecule has 0 spiro atoms. The number of aromatic nitrogens is 1. The number of hydrogen-bond donors (Lipinski definition) is 3. The van der Waals surface area contributed by atoms with Crippen LogP contribution >= 0.6 is 0 Å². The van der Waals surface area contributed by atoms with Crippen molar-refractivity contribution in [2.45, 2.75) is 6.18 Å². The van der Waals surface area contributed by atoms with Gasteiger partial charge in [0, 0.05) is 6.54 Å². The molecule has 9 heteroatoms. The molecule has 1 rings (SSSR count). The van der Waals surface area contributed by atoms with Crippen LogP contribution in [0.5, 0.6) is 0 Å². The number of anilines is 2. The molecule has 5 N–H and O–H groups in total. The van der Waals surface area contributed by atoms with E-state index >= 15 is 0 Å². The van der Waals surface area contributed by atoms with Gasteiger partial charge in [0.25, 0.3) is 0 Å². The molecular formula is C10H13F3N4O2. The zero-order chi connectivity index (χ0) is 14.5. The SMILES string of the molecule is NC(=O)COCCNc1cc(C(F)(F)F)cc(N)n1. The van der Waals surface area contributed by atoms with E-state index < -0.39 is 17.6 Å². The van der Waals surface area contributed by atoms with Gasteiger partial charge in [0.05, 0.1) is 12.2 Å². The first kappa shape index (κ1) is 15.0. The van der Waals surface area contributed by atoms with Crippen LogP contribution < -0.4 is 16.8 Å². The Labute approximate surface area is 106 Å². The summed E-state index contributed by atoms with van der Waals surface area (Å²) in [5.41, 5.74) is 9.23. The summed E-state index contributed by atoms with van der Waals surface area (Å²) in [6, 6.07) is 1.58. The van der Waals surface area contributed by atoms with E-state index in [1.807, 2.05) is 0 Å². The Hall–Kier alpha value is -2.03. The van der Waals surface area contributed by atoms with E-state index in [1.165, 1.54) is 0 Å². The Kier molecular flexibility index (Phi) is 4.93. The van der Waals surface area contributed by atoms with Crippen molar-refractivity contribution in [1.29, 1.82) is 0 Å². The van der Waals surface area contributed by atoms with Gasteiger partial charge in [-0.2, -0.15) is 13.2 Å². The van der Waals surface area contributed by atoms with Gasteiger partial charge in [-0.15, -0.1) is 0 Å². The highest BCUT2D eigenvalue weighted by molar-refractivity contribution is 5.74. The van der Waals surface area contributed by atoms with E-state index in [9.17, 15) is 18.0 Å². The fourth-order valence-electron chi connectivity index (χ4n) is 1.23. The number of carbonyl (C=O) groups excluding carboxylic acids is 1. The van der Waals surface area contributed by atoms with Crippen molar-refractivity contribution >= 4 is 17.5 Å². The average molecular weight is 278 g/mol. The third-order valence-corrected chi connectivity index (χ3v) is 1.97. The van der Waals surface area contributed by atoms with E-state index in [1.54, 1.807) is 0 Å². The number of nitrogens with zero attached hydrogens (tertiary/aromatic N) is 1. The topological polar surface area (TPSA) is 103 Å². The first-order chi connectivity index (χ1) is 8.79. The molecule has 0 unspecified atom stereocenters. The number of nitrogens with two attached hydrogens (primary N) is 2. The third-order valence-electron chi connectivity index (χ3n) is 1.97. The molecule has 0 radical (unpaired) electrons. The summed E-state index contributed by atoms with van der Waals surface area (Å²) in [7, 11) is 0. The van der Waals surface area contributed by atoms with Crippen LogP contribution in [0.15, 0.2) is 12.1 Å². The number of nitrogens with one attached hydrogen (secondary N) is 1. The highest BCUT2D eigenvalue weighted by Gasteiger charge is 2.31. The third kappa shape index (κ3) is 5.42. The number of carbonyl (C=O) groups is 1. The second kappa shape index (κ2) is 6.23. The Morgan fingerprint density at radius 1 is 1.42 bits per heavy atom. The number of halogens is 3. The molecule has 106 valence electrons. The molecule has 1 heterocycles. The van der Waals surface area contributed by atoms with Gasteiger partial charge in [-0.05, 0) is 12.1 Å². The fraction of sp³-hybridized carbons (Fsp3) is 0.400. The molecule has 0 saturated carbocycles. The minimum Gasteiger partial charge on any atom is -0.384 e. The van der Waals surface area contributed by atoms with Crippen LogP contribution in [-0.4, -0.2) is 30.6 Å². The first-order valence-corrected chi connectivity index (χ1v) is 5.23. The highest BCUT2D eigenvalue weighted by Crippen LogP contribution is 2.31. The molecule has 0 bridgehead atoms. The lowest BCUT2D eigenvalue weighted by molar-refractivity contribution is -0.137. The van der Waals surface area contributed by atoms with Gasteiger partial charge in [0.15, 0.2) is 0 Å². The van der Waals surface area contributed by atoms with Gasteiger partial charge in [0.1, 0.15) is 18.2 Å². The molecule has 1 aromatic rings. The molecule has 0 atom stereocenters. The molecule has 1 aromatic heterocycles. The van der Waals surface area contributed by atoms with E-state index in [2.05, 4.69) is 10.3 Å². The smallest absolute Gasteiger partial charge is 0.384 e.